The number of allylic oxidation sites excluding steroid dienone is 3. The third kappa shape index (κ3) is 5.02. The minimum Gasteiger partial charge on any atom is -0.378 e. The number of carbonyl (C=O) groups excluding carboxylic acids is 1. The number of aliphatic imine (C=N–C) groups is 1. The maximum Gasteiger partial charge on any atom is 0.168 e. The van der Waals surface area contributed by atoms with Gasteiger partial charge in [-0.15, -0.1) is 11.3 Å². The molecule has 0 saturated carbocycles. The van der Waals surface area contributed by atoms with Crippen molar-refractivity contribution in [2.24, 2.45) is 4.99 Å². The average Bonchev–Trinajstić information content (AvgIpc) is 3.03. The number of aldehydes is 1. The van der Waals surface area contributed by atoms with Gasteiger partial charge in [0.05, 0.1) is 22.4 Å². The normalized spacial score (nSPS) is 16.9. The third-order valence-electron chi connectivity index (χ3n) is 4.32. The maximum atomic E-state index is 11.8. The fourth-order valence-electron chi connectivity index (χ4n) is 2.99. The van der Waals surface area contributed by atoms with Crippen LogP contribution in [0.2, 0.25) is 0 Å². The van der Waals surface area contributed by atoms with Crippen LogP contribution in [0.15, 0.2) is 77.5 Å². The number of nitrogens with one attached hydrogen (secondary N) is 1. The number of benzene rings is 1. The van der Waals surface area contributed by atoms with Gasteiger partial charge in [0.2, 0.25) is 0 Å². The summed E-state index contributed by atoms with van der Waals surface area (Å²) >= 11 is 1.65. The Morgan fingerprint density at radius 1 is 1.32 bits per heavy atom. The Bertz CT molecular complexity index is 981. The number of thiazole rings is 1. The van der Waals surface area contributed by atoms with Gasteiger partial charge in [-0.2, -0.15) is 0 Å². The van der Waals surface area contributed by atoms with Gasteiger partial charge >= 0.3 is 0 Å². The first-order valence-electron chi connectivity index (χ1n) is 9.10. The molecule has 4 nitrogen and oxygen atoms in total. The first-order chi connectivity index (χ1) is 13.6. The molecule has 142 valence electrons. The Morgan fingerprint density at radius 2 is 2.11 bits per heavy atom. The summed E-state index contributed by atoms with van der Waals surface area (Å²) in [6.45, 7) is 7.99. The minimum atomic E-state index is -0.0171. The van der Waals surface area contributed by atoms with Gasteiger partial charge in [-0.3, -0.25) is 4.79 Å². The molecule has 1 N–H and O–H groups in total. The number of aromatic nitrogens is 1. The number of hydrogen-bond acceptors (Lipinski definition) is 5. The Labute approximate surface area is 169 Å². The van der Waals surface area contributed by atoms with Crippen LogP contribution in [0.4, 0.5) is 5.69 Å². The van der Waals surface area contributed by atoms with E-state index in [1.165, 1.54) is 0 Å². The first-order valence-corrected chi connectivity index (χ1v) is 9.92. The van der Waals surface area contributed by atoms with Gasteiger partial charge in [-0.05, 0) is 44.6 Å². The smallest absolute Gasteiger partial charge is 0.168 e. The van der Waals surface area contributed by atoms with E-state index in [4.69, 9.17) is 0 Å². The molecule has 0 saturated heterocycles. The van der Waals surface area contributed by atoms with Crippen LogP contribution < -0.4 is 5.32 Å². The molecule has 28 heavy (non-hydrogen) atoms. The van der Waals surface area contributed by atoms with Crippen LogP contribution in [-0.2, 0) is 4.79 Å². The van der Waals surface area contributed by atoms with Gasteiger partial charge in [-0.1, -0.05) is 43.0 Å². The highest BCUT2D eigenvalue weighted by atomic mass is 32.1. The van der Waals surface area contributed by atoms with Gasteiger partial charge in [0, 0.05) is 16.1 Å². The van der Waals surface area contributed by atoms with Crippen molar-refractivity contribution in [3.8, 4) is 0 Å². The lowest BCUT2D eigenvalue weighted by Crippen LogP contribution is -2.28. The topological polar surface area (TPSA) is 54.4 Å². The second-order valence-corrected chi connectivity index (χ2v) is 7.87. The number of anilines is 1. The molecule has 1 heterocycles. The Hall–Kier alpha value is -3.05. The third-order valence-corrected chi connectivity index (χ3v) is 5.22. The second-order valence-electron chi connectivity index (χ2n) is 6.46. The van der Waals surface area contributed by atoms with Crippen molar-refractivity contribution in [3.63, 3.8) is 0 Å². The lowest BCUT2D eigenvalue weighted by Gasteiger charge is -2.23. The molecule has 1 aromatic heterocycles. The molecule has 1 aromatic carbocycles. The van der Waals surface area contributed by atoms with E-state index in [0.29, 0.717) is 11.4 Å². The summed E-state index contributed by atoms with van der Waals surface area (Å²) in [7, 11) is 0. The van der Waals surface area contributed by atoms with Gasteiger partial charge in [0.1, 0.15) is 5.71 Å². The van der Waals surface area contributed by atoms with Crippen molar-refractivity contribution in [2.45, 2.75) is 26.3 Å². The van der Waals surface area contributed by atoms with Crippen LogP contribution in [0.3, 0.4) is 0 Å². The molecule has 0 amide bonds. The molecule has 0 aliphatic heterocycles. The second kappa shape index (κ2) is 9.24. The van der Waals surface area contributed by atoms with Crippen molar-refractivity contribution in [2.75, 3.05) is 5.32 Å². The number of rotatable bonds is 7. The molecule has 0 radical (unpaired) electrons. The molecule has 2 aromatic rings. The number of aryl methyl sites for hydroxylation is 2. The van der Waals surface area contributed by atoms with Crippen molar-refractivity contribution < 1.29 is 4.79 Å². The Morgan fingerprint density at radius 3 is 2.79 bits per heavy atom. The molecule has 0 fully saturated rings. The highest BCUT2D eigenvalue weighted by Crippen LogP contribution is 2.21. The molecule has 0 bridgehead atoms. The summed E-state index contributed by atoms with van der Waals surface area (Å²) in [5, 5.41) is 4.49. The molecular formula is C23H23N3OS. The maximum absolute atomic E-state index is 11.8. The summed E-state index contributed by atoms with van der Waals surface area (Å²) < 4.78 is 0. The first kappa shape index (κ1) is 19.7. The van der Waals surface area contributed by atoms with E-state index in [-0.39, 0.29) is 6.04 Å². The van der Waals surface area contributed by atoms with Crippen LogP contribution in [-0.4, -0.2) is 23.0 Å². The van der Waals surface area contributed by atoms with Crippen molar-refractivity contribution in [3.05, 3.63) is 88.1 Å². The predicted octanol–water partition coefficient (Wildman–Crippen LogP) is 5.29. The summed E-state index contributed by atoms with van der Waals surface area (Å²) in [6.07, 6.45) is 11.2. The molecule has 5 heteroatoms. The molecular weight excluding hydrogens is 366 g/mol. The van der Waals surface area contributed by atoms with Gasteiger partial charge < -0.3 is 5.32 Å². The SMILES string of the molecule is C=C(/C=C\c1nc(C)sc1C)N=C(C=O)C1=CC=CCC1Nc1ccccc1. The zero-order chi connectivity index (χ0) is 19.9. The average molecular weight is 390 g/mol. The molecule has 1 aliphatic carbocycles. The van der Waals surface area contributed by atoms with Crippen molar-refractivity contribution >= 4 is 35.1 Å². The monoisotopic (exact) mass is 389 g/mol. The van der Waals surface area contributed by atoms with Crippen LogP contribution >= 0.6 is 11.3 Å². The van der Waals surface area contributed by atoms with E-state index in [2.05, 4.69) is 27.9 Å². The Balaban J connectivity index is 1.78. The molecule has 1 atom stereocenters. The molecule has 0 spiro atoms. The van der Waals surface area contributed by atoms with Crippen LogP contribution in [0.5, 0.6) is 0 Å². The number of para-hydroxylation sites is 1. The van der Waals surface area contributed by atoms with E-state index >= 15 is 0 Å². The quantitative estimate of drug-likeness (QED) is 0.397. The van der Waals surface area contributed by atoms with Gasteiger partial charge in [0.25, 0.3) is 0 Å². The molecule has 3 rings (SSSR count). The standard InChI is InChI=1S/C23H23N3OS/c1-16(13-14-21-17(2)28-18(3)25-21)24-23(15-27)20-11-7-8-12-22(20)26-19-9-5-4-6-10-19/h4-11,13-15,22,26H,1,12H2,2-3H3/b14-13-,24-23?. The highest BCUT2D eigenvalue weighted by Gasteiger charge is 2.19. The molecule has 1 unspecified atom stereocenters. The van der Waals surface area contributed by atoms with Crippen molar-refractivity contribution in [1.29, 1.82) is 0 Å². The fourth-order valence-corrected chi connectivity index (χ4v) is 3.80. The minimum absolute atomic E-state index is 0.0171. The van der Waals surface area contributed by atoms with E-state index in [1.54, 1.807) is 17.4 Å². The lowest BCUT2D eigenvalue weighted by molar-refractivity contribution is -0.102. The number of hydrogen-bond donors (Lipinski definition) is 1. The van der Waals surface area contributed by atoms with E-state index < -0.39 is 0 Å². The van der Waals surface area contributed by atoms with Crippen LogP contribution in [0.25, 0.3) is 6.08 Å². The van der Waals surface area contributed by atoms with Crippen molar-refractivity contribution in [1.82, 2.24) is 4.98 Å². The van der Waals surface area contributed by atoms with Gasteiger partial charge in [-0.25, -0.2) is 9.98 Å². The summed E-state index contributed by atoms with van der Waals surface area (Å²) in [5.41, 5.74) is 3.68. The fraction of sp³-hybridized carbons (Fsp3) is 0.174. The van der Waals surface area contributed by atoms with Crippen LogP contribution in [0.1, 0.15) is 22.0 Å². The van der Waals surface area contributed by atoms with Gasteiger partial charge in [0.15, 0.2) is 6.29 Å². The molecule has 1 aliphatic rings. The zero-order valence-electron chi connectivity index (χ0n) is 16.1. The van der Waals surface area contributed by atoms with E-state index in [1.807, 2.05) is 62.4 Å². The van der Waals surface area contributed by atoms with E-state index in [0.717, 1.165) is 39.5 Å². The number of carbonyl (C=O) groups is 1. The lowest BCUT2D eigenvalue weighted by atomic mass is 9.94. The zero-order valence-corrected chi connectivity index (χ0v) is 16.9. The Kier molecular flexibility index (Phi) is 6.50. The highest BCUT2D eigenvalue weighted by molar-refractivity contribution is 7.11. The largest absolute Gasteiger partial charge is 0.378 e. The summed E-state index contributed by atoms with van der Waals surface area (Å²) in [5.74, 6) is 0. The number of nitrogens with zero attached hydrogens (tertiary/aromatic N) is 2. The summed E-state index contributed by atoms with van der Waals surface area (Å²) in [4.78, 5) is 21.9. The van der Waals surface area contributed by atoms with E-state index in [9.17, 15) is 4.79 Å². The predicted molar refractivity (Wildman–Crippen MR) is 119 cm³/mol. The summed E-state index contributed by atoms with van der Waals surface area (Å²) in [6, 6.07) is 9.93. The van der Waals surface area contributed by atoms with Crippen LogP contribution in [0, 0.1) is 13.8 Å².